The number of hydrogen-bond donors (Lipinski definition) is 2. The van der Waals surface area contributed by atoms with Crippen LogP contribution in [0.2, 0.25) is 0 Å². The van der Waals surface area contributed by atoms with Gasteiger partial charge in [-0.2, -0.15) is 0 Å². The van der Waals surface area contributed by atoms with Crippen molar-refractivity contribution in [3.8, 4) is 0 Å². The molecule has 0 unspecified atom stereocenters. The number of amides is 1. The lowest BCUT2D eigenvalue weighted by molar-refractivity contribution is 0.103. The van der Waals surface area contributed by atoms with Crippen LogP contribution < -0.4 is 11.1 Å². The first-order chi connectivity index (χ1) is 9.13. The second-order valence-electron chi connectivity index (χ2n) is 4.76. The Hall–Kier alpha value is -1.88. The van der Waals surface area contributed by atoms with E-state index in [0.29, 0.717) is 15.7 Å². The maximum Gasteiger partial charge on any atom is 0.267 e. The summed E-state index contributed by atoms with van der Waals surface area (Å²) in [5, 5.41) is 3.35. The van der Waals surface area contributed by atoms with E-state index in [4.69, 9.17) is 5.73 Å². The van der Waals surface area contributed by atoms with Crippen molar-refractivity contribution in [2.24, 2.45) is 0 Å². The van der Waals surface area contributed by atoms with Crippen molar-refractivity contribution in [1.82, 2.24) is 4.98 Å². The quantitative estimate of drug-likeness (QED) is 0.884. The molecule has 98 valence electrons. The Morgan fingerprint density at radius 2 is 2.16 bits per heavy atom. The number of carbonyl (C=O) groups excluding carboxylic acids is 1. The average Bonchev–Trinajstić information content (AvgIpc) is 2.94. The third-order valence-electron chi connectivity index (χ3n) is 3.38. The number of nitrogen functional groups attached to an aromatic ring is 1. The van der Waals surface area contributed by atoms with Crippen LogP contribution in [0.3, 0.4) is 0 Å². The molecule has 1 aromatic carbocycles. The van der Waals surface area contributed by atoms with Crippen molar-refractivity contribution in [2.75, 3.05) is 11.1 Å². The number of nitrogens with two attached hydrogens (primary N) is 1. The molecule has 5 heteroatoms. The van der Waals surface area contributed by atoms with Gasteiger partial charge < -0.3 is 11.1 Å². The van der Waals surface area contributed by atoms with Crippen LogP contribution in [-0.4, -0.2) is 10.9 Å². The van der Waals surface area contributed by atoms with Gasteiger partial charge in [0.25, 0.3) is 5.91 Å². The molecule has 0 aliphatic heterocycles. The minimum absolute atomic E-state index is 0.135. The molecule has 1 aliphatic rings. The number of aromatic nitrogens is 1. The van der Waals surface area contributed by atoms with E-state index >= 15 is 0 Å². The Kier molecular flexibility index (Phi) is 2.98. The molecular formula is C14H15N3OS. The molecule has 1 aromatic heterocycles. The fourth-order valence-electron chi connectivity index (χ4n) is 2.47. The topological polar surface area (TPSA) is 68.0 Å². The summed E-state index contributed by atoms with van der Waals surface area (Å²) in [6, 6.07) is 6.13. The van der Waals surface area contributed by atoms with Gasteiger partial charge in [-0.05, 0) is 49.4 Å². The lowest BCUT2D eigenvalue weighted by atomic mass is 10.1. The van der Waals surface area contributed by atoms with Crippen molar-refractivity contribution in [2.45, 2.75) is 26.2 Å². The minimum atomic E-state index is -0.135. The maximum atomic E-state index is 12.2. The van der Waals surface area contributed by atoms with Gasteiger partial charge in [0.15, 0.2) is 5.13 Å². The third-order valence-corrected chi connectivity index (χ3v) is 4.36. The van der Waals surface area contributed by atoms with E-state index in [1.807, 2.05) is 6.07 Å². The second-order valence-corrected chi connectivity index (χ2v) is 5.79. The number of benzene rings is 1. The molecule has 0 saturated heterocycles. The first-order valence-electron chi connectivity index (χ1n) is 6.29. The van der Waals surface area contributed by atoms with Gasteiger partial charge >= 0.3 is 0 Å². The molecule has 19 heavy (non-hydrogen) atoms. The fourth-order valence-corrected chi connectivity index (χ4v) is 3.19. The highest BCUT2D eigenvalue weighted by Gasteiger charge is 2.16. The number of aryl methyl sites for hydroxylation is 3. The van der Waals surface area contributed by atoms with Crippen LogP contribution in [0.1, 0.15) is 32.9 Å². The second kappa shape index (κ2) is 4.66. The maximum absolute atomic E-state index is 12.2. The van der Waals surface area contributed by atoms with Crippen molar-refractivity contribution in [1.29, 1.82) is 0 Å². The summed E-state index contributed by atoms with van der Waals surface area (Å²) in [5.41, 5.74) is 9.88. The summed E-state index contributed by atoms with van der Waals surface area (Å²) in [5.74, 6) is -0.135. The third kappa shape index (κ3) is 2.33. The summed E-state index contributed by atoms with van der Waals surface area (Å²) in [7, 11) is 0. The number of nitrogens with one attached hydrogen (secondary N) is 1. The van der Waals surface area contributed by atoms with Crippen LogP contribution >= 0.6 is 11.3 Å². The molecular weight excluding hydrogens is 258 g/mol. The molecule has 1 amide bonds. The predicted octanol–water partition coefficient (Wildman–Crippen LogP) is 2.77. The number of carbonyl (C=O) groups is 1. The molecule has 1 heterocycles. The highest BCUT2D eigenvalue weighted by atomic mass is 32.1. The largest absolute Gasteiger partial charge is 0.375 e. The van der Waals surface area contributed by atoms with E-state index in [0.717, 1.165) is 18.5 Å². The Labute approximate surface area is 115 Å². The number of hydrogen-bond acceptors (Lipinski definition) is 4. The zero-order valence-corrected chi connectivity index (χ0v) is 11.5. The Balaban J connectivity index is 1.81. The van der Waals surface area contributed by atoms with Crippen LogP contribution in [0.25, 0.3) is 0 Å². The molecule has 4 nitrogen and oxygen atoms in total. The van der Waals surface area contributed by atoms with Crippen LogP contribution in [0.4, 0.5) is 10.8 Å². The minimum Gasteiger partial charge on any atom is -0.375 e. The van der Waals surface area contributed by atoms with Gasteiger partial charge in [0.1, 0.15) is 4.88 Å². The summed E-state index contributed by atoms with van der Waals surface area (Å²) >= 11 is 1.22. The number of nitrogens with zero attached hydrogens (tertiary/aromatic N) is 1. The van der Waals surface area contributed by atoms with Crippen molar-refractivity contribution >= 4 is 28.1 Å². The summed E-state index contributed by atoms with van der Waals surface area (Å²) in [6.07, 6.45) is 3.46. The molecule has 0 radical (unpaired) electrons. The molecule has 0 bridgehead atoms. The molecule has 1 aliphatic carbocycles. The number of anilines is 2. The van der Waals surface area contributed by atoms with Gasteiger partial charge in [-0.3, -0.25) is 4.79 Å². The highest BCUT2D eigenvalue weighted by molar-refractivity contribution is 7.17. The predicted molar refractivity (Wildman–Crippen MR) is 77.7 cm³/mol. The molecule has 3 N–H and O–H groups in total. The molecule has 0 saturated carbocycles. The lowest BCUT2D eigenvalue weighted by Gasteiger charge is -2.06. The fraction of sp³-hybridized carbons (Fsp3) is 0.286. The summed E-state index contributed by atoms with van der Waals surface area (Å²) in [4.78, 5) is 16.8. The van der Waals surface area contributed by atoms with E-state index in [-0.39, 0.29) is 5.91 Å². The van der Waals surface area contributed by atoms with Crippen molar-refractivity contribution in [3.63, 3.8) is 0 Å². The van der Waals surface area contributed by atoms with E-state index in [9.17, 15) is 4.79 Å². The van der Waals surface area contributed by atoms with E-state index in [1.165, 1.54) is 28.9 Å². The van der Waals surface area contributed by atoms with Crippen LogP contribution in [0.5, 0.6) is 0 Å². The SMILES string of the molecule is Cc1nc(N)sc1C(=O)Nc1ccc2c(c1)CCC2. The van der Waals surface area contributed by atoms with Gasteiger partial charge in [-0.15, -0.1) is 0 Å². The first kappa shape index (κ1) is 12.2. The molecule has 0 atom stereocenters. The lowest BCUT2D eigenvalue weighted by Crippen LogP contribution is -2.11. The molecule has 0 fully saturated rings. The van der Waals surface area contributed by atoms with Crippen LogP contribution in [0.15, 0.2) is 18.2 Å². The first-order valence-corrected chi connectivity index (χ1v) is 7.11. The molecule has 0 spiro atoms. The van der Waals surface area contributed by atoms with Crippen LogP contribution in [0, 0.1) is 6.92 Å². The number of fused-ring (bicyclic) bond motifs is 1. The van der Waals surface area contributed by atoms with Gasteiger partial charge in [-0.1, -0.05) is 17.4 Å². The summed E-state index contributed by atoms with van der Waals surface area (Å²) < 4.78 is 0. The van der Waals surface area contributed by atoms with E-state index in [1.54, 1.807) is 6.92 Å². The number of rotatable bonds is 2. The Bertz CT molecular complexity index is 648. The molecule has 3 rings (SSSR count). The standard InChI is InChI=1S/C14H15N3OS/c1-8-12(19-14(15)16-8)13(18)17-11-6-5-9-3-2-4-10(9)7-11/h5-7H,2-4H2,1H3,(H2,15,16)(H,17,18). The Morgan fingerprint density at radius 1 is 1.37 bits per heavy atom. The van der Waals surface area contributed by atoms with Gasteiger partial charge in [0.05, 0.1) is 5.69 Å². The van der Waals surface area contributed by atoms with E-state index in [2.05, 4.69) is 22.4 Å². The average molecular weight is 273 g/mol. The van der Waals surface area contributed by atoms with Gasteiger partial charge in [0, 0.05) is 5.69 Å². The van der Waals surface area contributed by atoms with Gasteiger partial charge in [0.2, 0.25) is 0 Å². The zero-order valence-electron chi connectivity index (χ0n) is 10.7. The normalized spacial score (nSPS) is 13.3. The van der Waals surface area contributed by atoms with Gasteiger partial charge in [-0.25, -0.2) is 4.98 Å². The highest BCUT2D eigenvalue weighted by Crippen LogP contribution is 2.26. The van der Waals surface area contributed by atoms with Crippen LogP contribution in [-0.2, 0) is 12.8 Å². The monoisotopic (exact) mass is 273 g/mol. The van der Waals surface area contributed by atoms with Crippen molar-refractivity contribution < 1.29 is 4.79 Å². The molecule has 2 aromatic rings. The Morgan fingerprint density at radius 3 is 2.89 bits per heavy atom. The van der Waals surface area contributed by atoms with E-state index < -0.39 is 0 Å². The zero-order chi connectivity index (χ0) is 13.4. The summed E-state index contributed by atoms with van der Waals surface area (Å²) in [6.45, 7) is 1.80. The van der Waals surface area contributed by atoms with Crippen molar-refractivity contribution in [3.05, 3.63) is 39.9 Å². The smallest absolute Gasteiger partial charge is 0.267 e. The number of thiazole rings is 1.